The molecule has 0 saturated carbocycles. The molecule has 8 aromatic rings. The number of para-hydroxylation sites is 1. The molecule has 3 aliphatic rings. The van der Waals surface area contributed by atoms with Crippen molar-refractivity contribution in [2.45, 2.75) is 91.4 Å². The summed E-state index contributed by atoms with van der Waals surface area (Å²) < 4.78 is 6.57. The maximum Gasteiger partial charge on any atom is 0.252 e. The van der Waals surface area contributed by atoms with Gasteiger partial charge in [-0.3, -0.25) is 0 Å². The first-order chi connectivity index (χ1) is 28.7. The molecule has 0 radical (unpaired) electrons. The average Bonchev–Trinajstić information content (AvgIpc) is 3.61. The molecule has 0 bridgehead atoms. The predicted octanol–water partition coefficient (Wildman–Crippen LogP) is 13.6. The summed E-state index contributed by atoms with van der Waals surface area (Å²) in [5.41, 5.74) is 22.7. The standard InChI is InChI=1S/C56H53BN2O/c1-34-28-48-53-49(29-34)59(45-19-15-21-51-52(45)39-18-13-14-20-50(39)60-51)46-31-38(54(3,4)5)23-24-42(46)57(53)43-32-40-41(56(8,9)27-26-55(40,6)7)33-47(43)58(48)44-25-22-37(30-35(44)2)36-16-11-10-12-17-36/h10-25,28-33H,26-27H2,1-9H3. The summed E-state index contributed by atoms with van der Waals surface area (Å²) in [6.07, 6.45) is 2.34. The average molecular weight is 781 g/mol. The second kappa shape index (κ2) is 12.8. The van der Waals surface area contributed by atoms with Gasteiger partial charge in [-0.1, -0.05) is 127 Å². The molecule has 0 atom stereocenters. The lowest BCUT2D eigenvalue weighted by atomic mass is 9.33. The smallest absolute Gasteiger partial charge is 0.252 e. The summed E-state index contributed by atoms with van der Waals surface area (Å²) in [6, 6.07) is 50.4. The fourth-order valence-corrected chi connectivity index (χ4v) is 10.8. The molecule has 60 heavy (non-hydrogen) atoms. The first-order valence-electron chi connectivity index (χ1n) is 21.8. The summed E-state index contributed by atoms with van der Waals surface area (Å²) in [6.45, 7) is 21.4. The normalized spacial score (nSPS) is 16.1. The molecular formula is C56H53BN2O. The van der Waals surface area contributed by atoms with Crippen LogP contribution < -0.4 is 26.2 Å². The van der Waals surface area contributed by atoms with E-state index in [9.17, 15) is 0 Å². The molecule has 1 aliphatic carbocycles. The van der Waals surface area contributed by atoms with E-state index in [2.05, 4.69) is 206 Å². The van der Waals surface area contributed by atoms with E-state index < -0.39 is 0 Å². The van der Waals surface area contributed by atoms with Gasteiger partial charge in [0, 0.05) is 33.8 Å². The van der Waals surface area contributed by atoms with Gasteiger partial charge in [0.05, 0.1) is 11.1 Å². The first-order valence-corrected chi connectivity index (χ1v) is 21.8. The number of nitrogens with zero attached hydrogens (tertiary/aromatic N) is 2. The molecular weight excluding hydrogens is 727 g/mol. The number of aryl methyl sites for hydroxylation is 2. The maximum atomic E-state index is 6.57. The van der Waals surface area contributed by atoms with Crippen LogP contribution in [0, 0.1) is 13.8 Å². The number of hydrogen-bond donors (Lipinski definition) is 0. The second-order valence-electron chi connectivity index (χ2n) is 20.2. The first kappa shape index (κ1) is 37.0. The van der Waals surface area contributed by atoms with E-state index in [1.54, 1.807) is 0 Å². The molecule has 11 rings (SSSR count). The molecule has 0 spiro atoms. The van der Waals surface area contributed by atoms with Crippen LogP contribution in [0.2, 0.25) is 0 Å². The Hall–Kier alpha value is -6.00. The van der Waals surface area contributed by atoms with Crippen molar-refractivity contribution in [2.24, 2.45) is 0 Å². The van der Waals surface area contributed by atoms with Crippen LogP contribution in [0.1, 0.15) is 89.1 Å². The van der Waals surface area contributed by atoms with Gasteiger partial charge in [0.2, 0.25) is 0 Å². The van der Waals surface area contributed by atoms with E-state index >= 15 is 0 Å². The minimum absolute atomic E-state index is 0.0352. The summed E-state index contributed by atoms with van der Waals surface area (Å²) in [5.74, 6) is 0. The van der Waals surface area contributed by atoms with Gasteiger partial charge in [0.15, 0.2) is 0 Å². The molecule has 3 nitrogen and oxygen atoms in total. The largest absolute Gasteiger partial charge is 0.456 e. The monoisotopic (exact) mass is 780 g/mol. The lowest BCUT2D eigenvalue weighted by molar-refractivity contribution is 0.332. The predicted molar refractivity (Wildman–Crippen MR) is 257 cm³/mol. The van der Waals surface area contributed by atoms with Crippen LogP contribution in [-0.2, 0) is 16.2 Å². The number of rotatable bonds is 3. The lowest BCUT2D eigenvalue weighted by Gasteiger charge is -2.48. The summed E-state index contributed by atoms with van der Waals surface area (Å²) in [7, 11) is 0. The number of benzene rings is 7. The number of furan rings is 1. The van der Waals surface area contributed by atoms with Crippen molar-refractivity contribution in [2.75, 3.05) is 9.80 Å². The van der Waals surface area contributed by atoms with Gasteiger partial charge in [-0.2, -0.15) is 0 Å². The number of anilines is 6. The van der Waals surface area contributed by atoms with Gasteiger partial charge in [-0.25, -0.2) is 0 Å². The zero-order chi connectivity index (χ0) is 41.5. The Bertz CT molecular complexity index is 3070. The highest BCUT2D eigenvalue weighted by Gasteiger charge is 2.47. The second-order valence-corrected chi connectivity index (χ2v) is 20.2. The quantitative estimate of drug-likeness (QED) is 0.167. The molecule has 2 aliphatic heterocycles. The third-order valence-electron chi connectivity index (χ3n) is 14.2. The van der Waals surface area contributed by atoms with Crippen molar-refractivity contribution in [3.05, 3.63) is 161 Å². The number of fused-ring (bicyclic) bond motifs is 8. The van der Waals surface area contributed by atoms with Crippen LogP contribution in [-0.4, -0.2) is 6.71 Å². The Balaban J connectivity index is 1.26. The van der Waals surface area contributed by atoms with Crippen LogP contribution in [0.3, 0.4) is 0 Å². The molecule has 1 aromatic heterocycles. The SMILES string of the molecule is Cc1cc2c3c(c1)N(c1cccc4oc5ccccc5c14)c1cc(C(C)(C)C)ccc1B3c1cc3c(cc1N2c1ccc(-c2ccccc2)cc1C)C(C)(C)CCC3(C)C. The minimum Gasteiger partial charge on any atom is -0.456 e. The van der Waals surface area contributed by atoms with Crippen LogP contribution in [0.5, 0.6) is 0 Å². The molecule has 7 aromatic carbocycles. The Morgan fingerprint density at radius 3 is 1.90 bits per heavy atom. The third-order valence-corrected chi connectivity index (χ3v) is 14.2. The fourth-order valence-electron chi connectivity index (χ4n) is 10.8. The van der Waals surface area contributed by atoms with Crippen molar-refractivity contribution in [3.63, 3.8) is 0 Å². The van der Waals surface area contributed by atoms with Crippen molar-refractivity contribution < 1.29 is 4.42 Å². The Kier molecular flexibility index (Phi) is 7.87. The van der Waals surface area contributed by atoms with Crippen molar-refractivity contribution in [1.82, 2.24) is 0 Å². The Labute approximate surface area is 355 Å². The van der Waals surface area contributed by atoms with Gasteiger partial charge >= 0.3 is 0 Å². The molecule has 3 heterocycles. The third kappa shape index (κ3) is 5.42. The van der Waals surface area contributed by atoms with Gasteiger partial charge < -0.3 is 14.2 Å². The summed E-state index contributed by atoms with van der Waals surface area (Å²) >= 11 is 0. The van der Waals surface area contributed by atoms with E-state index in [0.29, 0.717) is 0 Å². The zero-order valence-corrected chi connectivity index (χ0v) is 36.5. The van der Waals surface area contributed by atoms with Crippen LogP contribution in [0.4, 0.5) is 34.1 Å². The number of hydrogen-bond acceptors (Lipinski definition) is 3. The van der Waals surface area contributed by atoms with Crippen molar-refractivity contribution >= 4 is 79.2 Å². The Morgan fingerprint density at radius 2 is 1.18 bits per heavy atom. The van der Waals surface area contributed by atoms with Gasteiger partial charge in [-0.05, 0) is 153 Å². The van der Waals surface area contributed by atoms with E-state index in [1.807, 2.05) is 0 Å². The maximum absolute atomic E-state index is 6.57. The lowest BCUT2D eigenvalue weighted by Crippen LogP contribution is -2.62. The molecule has 0 amide bonds. The van der Waals surface area contributed by atoms with Crippen LogP contribution >= 0.6 is 0 Å². The molecule has 0 N–H and O–H groups in total. The fraction of sp³-hybridized carbons (Fsp3) is 0.250. The van der Waals surface area contributed by atoms with Crippen molar-refractivity contribution in [3.8, 4) is 11.1 Å². The molecule has 4 heteroatoms. The van der Waals surface area contributed by atoms with Gasteiger partial charge in [0.1, 0.15) is 11.2 Å². The molecule has 0 unspecified atom stereocenters. The van der Waals surface area contributed by atoms with E-state index in [4.69, 9.17) is 4.42 Å². The highest BCUT2D eigenvalue weighted by atomic mass is 16.3. The molecule has 296 valence electrons. The summed E-state index contributed by atoms with van der Waals surface area (Å²) in [4.78, 5) is 5.21. The van der Waals surface area contributed by atoms with E-state index in [0.717, 1.165) is 27.6 Å². The topological polar surface area (TPSA) is 19.6 Å². The van der Waals surface area contributed by atoms with Crippen LogP contribution in [0.15, 0.2) is 138 Å². The molecule has 0 fully saturated rings. The van der Waals surface area contributed by atoms with E-state index in [-0.39, 0.29) is 23.0 Å². The van der Waals surface area contributed by atoms with Crippen LogP contribution in [0.25, 0.3) is 33.1 Å². The van der Waals surface area contributed by atoms with Gasteiger partial charge in [-0.15, -0.1) is 0 Å². The highest BCUT2D eigenvalue weighted by molar-refractivity contribution is 7.00. The highest BCUT2D eigenvalue weighted by Crippen LogP contribution is 2.52. The summed E-state index contributed by atoms with van der Waals surface area (Å²) in [5, 5.41) is 2.28. The van der Waals surface area contributed by atoms with E-state index in [1.165, 1.54) is 96.6 Å². The zero-order valence-electron chi connectivity index (χ0n) is 36.5. The van der Waals surface area contributed by atoms with Crippen molar-refractivity contribution in [1.29, 1.82) is 0 Å². The Morgan fingerprint density at radius 1 is 0.533 bits per heavy atom. The van der Waals surface area contributed by atoms with Gasteiger partial charge in [0.25, 0.3) is 6.71 Å². The minimum atomic E-state index is -0.0352. The molecule has 0 saturated heterocycles.